The van der Waals surface area contributed by atoms with E-state index in [1.165, 1.54) is 0 Å². The van der Waals surface area contributed by atoms with Crippen LogP contribution in [0.15, 0.2) is 22.9 Å². The molecule has 0 unspecified atom stereocenters. The van der Waals surface area contributed by atoms with Gasteiger partial charge in [-0.05, 0) is 34.6 Å². The van der Waals surface area contributed by atoms with Gasteiger partial charge in [0.1, 0.15) is 21.7 Å². The minimum Gasteiger partial charge on any atom is -0.494 e. The summed E-state index contributed by atoms with van der Waals surface area (Å²) in [5.74, 6) is 1.75. The topological polar surface area (TPSA) is 52.5 Å². The minimum absolute atomic E-state index is 0.586. The number of pyridine rings is 1. The van der Waals surface area contributed by atoms with Gasteiger partial charge in [0.15, 0.2) is 0 Å². The predicted molar refractivity (Wildman–Crippen MR) is 62.2 cm³/mol. The summed E-state index contributed by atoms with van der Waals surface area (Å²) < 4.78 is 8.07. The lowest BCUT2D eigenvalue weighted by molar-refractivity contribution is 0.417. The number of halogens is 1. The molecule has 0 spiro atoms. The SMILES string of the molecule is COc1cccn2c(CCN)nc(Br)c12. The van der Waals surface area contributed by atoms with E-state index >= 15 is 0 Å². The van der Waals surface area contributed by atoms with Gasteiger partial charge in [-0.25, -0.2) is 4.98 Å². The molecule has 0 fully saturated rings. The molecule has 0 aromatic carbocycles. The van der Waals surface area contributed by atoms with Crippen molar-refractivity contribution in [2.75, 3.05) is 13.7 Å². The summed E-state index contributed by atoms with van der Waals surface area (Å²) in [6.45, 7) is 0.586. The number of aromatic nitrogens is 2. The van der Waals surface area contributed by atoms with Crippen molar-refractivity contribution >= 4 is 21.4 Å². The van der Waals surface area contributed by atoms with E-state index in [1.807, 2.05) is 22.7 Å². The number of hydrogen-bond donors (Lipinski definition) is 1. The Labute approximate surface area is 96.2 Å². The van der Waals surface area contributed by atoms with E-state index in [4.69, 9.17) is 10.5 Å². The number of hydrogen-bond acceptors (Lipinski definition) is 3. The van der Waals surface area contributed by atoms with Crippen molar-refractivity contribution in [1.82, 2.24) is 9.38 Å². The lowest BCUT2D eigenvalue weighted by Gasteiger charge is -2.03. The molecular weight excluding hydrogens is 258 g/mol. The summed E-state index contributed by atoms with van der Waals surface area (Å²) in [7, 11) is 1.65. The fraction of sp³-hybridized carbons (Fsp3) is 0.300. The maximum Gasteiger partial charge on any atom is 0.145 e. The van der Waals surface area contributed by atoms with E-state index in [9.17, 15) is 0 Å². The Kier molecular flexibility index (Phi) is 2.93. The van der Waals surface area contributed by atoms with Gasteiger partial charge in [0.05, 0.1) is 7.11 Å². The highest BCUT2D eigenvalue weighted by molar-refractivity contribution is 9.10. The van der Waals surface area contributed by atoms with Crippen LogP contribution in [0.3, 0.4) is 0 Å². The van der Waals surface area contributed by atoms with Crippen LogP contribution in [0.25, 0.3) is 5.52 Å². The summed E-state index contributed by atoms with van der Waals surface area (Å²) in [6.07, 6.45) is 2.71. The van der Waals surface area contributed by atoms with E-state index in [0.717, 1.165) is 28.1 Å². The first-order valence-electron chi connectivity index (χ1n) is 4.67. The van der Waals surface area contributed by atoms with E-state index in [2.05, 4.69) is 20.9 Å². The number of fused-ring (bicyclic) bond motifs is 1. The second-order valence-corrected chi connectivity index (χ2v) is 3.90. The van der Waals surface area contributed by atoms with Crippen LogP contribution in [-0.4, -0.2) is 23.0 Å². The van der Waals surface area contributed by atoms with Crippen LogP contribution < -0.4 is 10.5 Å². The third-order valence-electron chi connectivity index (χ3n) is 2.25. The fourth-order valence-corrected chi connectivity index (χ4v) is 2.19. The van der Waals surface area contributed by atoms with E-state index in [0.29, 0.717) is 6.54 Å². The summed E-state index contributed by atoms with van der Waals surface area (Å²) in [5.41, 5.74) is 6.48. The molecule has 5 heteroatoms. The standard InChI is InChI=1S/C10H12BrN3O/c1-15-7-3-2-6-14-8(4-5-12)13-10(11)9(7)14/h2-3,6H,4-5,12H2,1H3. The molecule has 0 bridgehead atoms. The number of rotatable bonds is 3. The third-order valence-corrected chi connectivity index (χ3v) is 2.80. The van der Waals surface area contributed by atoms with Crippen molar-refractivity contribution in [1.29, 1.82) is 0 Å². The van der Waals surface area contributed by atoms with Crippen molar-refractivity contribution in [3.8, 4) is 5.75 Å². The summed E-state index contributed by atoms with van der Waals surface area (Å²) in [4.78, 5) is 4.41. The summed E-state index contributed by atoms with van der Waals surface area (Å²) in [6, 6.07) is 3.84. The molecule has 0 amide bonds. The van der Waals surface area contributed by atoms with Gasteiger partial charge >= 0.3 is 0 Å². The predicted octanol–water partition coefficient (Wildman–Crippen LogP) is 1.61. The first-order valence-corrected chi connectivity index (χ1v) is 5.46. The molecule has 2 aromatic rings. The first-order chi connectivity index (χ1) is 7.27. The van der Waals surface area contributed by atoms with E-state index < -0.39 is 0 Å². The molecule has 2 heterocycles. The van der Waals surface area contributed by atoms with Crippen LogP contribution in [0.2, 0.25) is 0 Å². The molecule has 2 rings (SSSR count). The number of ether oxygens (including phenoxy) is 1. The quantitative estimate of drug-likeness (QED) is 0.921. The minimum atomic E-state index is 0.586. The molecule has 0 aliphatic heterocycles. The van der Waals surface area contributed by atoms with Crippen LogP contribution in [0, 0.1) is 0 Å². The number of nitrogens with two attached hydrogens (primary N) is 1. The molecule has 0 aliphatic carbocycles. The van der Waals surface area contributed by atoms with Crippen molar-refractivity contribution in [3.05, 3.63) is 28.8 Å². The Morgan fingerprint density at radius 3 is 3.07 bits per heavy atom. The van der Waals surface area contributed by atoms with Crippen molar-refractivity contribution < 1.29 is 4.74 Å². The number of nitrogens with zero attached hydrogens (tertiary/aromatic N) is 2. The molecule has 15 heavy (non-hydrogen) atoms. The molecule has 0 radical (unpaired) electrons. The van der Waals surface area contributed by atoms with Gasteiger partial charge in [0, 0.05) is 12.6 Å². The van der Waals surface area contributed by atoms with Crippen LogP contribution in [0.1, 0.15) is 5.82 Å². The zero-order chi connectivity index (χ0) is 10.8. The average molecular weight is 270 g/mol. The lowest BCUT2D eigenvalue weighted by atomic mass is 10.3. The molecule has 0 saturated heterocycles. The van der Waals surface area contributed by atoms with Crippen LogP contribution in [0.4, 0.5) is 0 Å². The smallest absolute Gasteiger partial charge is 0.145 e. The van der Waals surface area contributed by atoms with Crippen LogP contribution in [0.5, 0.6) is 5.75 Å². The number of methoxy groups -OCH3 is 1. The highest BCUT2D eigenvalue weighted by atomic mass is 79.9. The second-order valence-electron chi connectivity index (χ2n) is 3.15. The second kappa shape index (κ2) is 4.20. The van der Waals surface area contributed by atoms with Gasteiger partial charge in [-0.3, -0.25) is 4.40 Å². The normalized spacial score (nSPS) is 10.9. The van der Waals surface area contributed by atoms with Crippen LogP contribution >= 0.6 is 15.9 Å². The van der Waals surface area contributed by atoms with Crippen molar-refractivity contribution in [2.24, 2.45) is 5.73 Å². The molecular formula is C10H12BrN3O. The van der Waals surface area contributed by atoms with Gasteiger partial charge < -0.3 is 10.5 Å². The highest BCUT2D eigenvalue weighted by Crippen LogP contribution is 2.27. The Morgan fingerprint density at radius 1 is 1.60 bits per heavy atom. The molecule has 0 aliphatic rings. The lowest BCUT2D eigenvalue weighted by Crippen LogP contribution is -2.06. The van der Waals surface area contributed by atoms with Gasteiger partial charge in [-0.2, -0.15) is 0 Å². The third kappa shape index (κ3) is 1.72. The van der Waals surface area contributed by atoms with E-state index in [1.54, 1.807) is 7.11 Å². The Morgan fingerprint density at radius 2 is 2.40 bits per heavy atom. The fourth-order valence-electron chi connectivity index (χ4n) is 1.60. The molecule has 2 aromatic heterocycles. The maximum absolute atomic E-state index is 5.53. The van der Waals surface area contributed by atoms with E-state index in [-0.39, 0.29) is 0 Å². The van der Waals surface area contributed by atoms with Gasteiger partial charge in [0.25, 0.3) is 0 Å². The average Bonchev–Trinajstić information content (AvgIpc) is 2.57. The maximum atomic E-state index is 5.53. The largest absolute Gasteiger partial charge is 0.494 e. The Bertz CT molecular complexity index is 481. The van der Waals surface area contributed by atoms with Crippen molar-refractivity contribution in [2.45, 2.75) is 6.42 Å². The number of imidazole rings is 1. The zero-order valence-corrected chi connectivity index (χ0v) is 9.99. The first kappa shape index (κ1) is 10.4. The van der Waals surface area contributed by atoms with Crippen molar-refractivity contribution in [3.63, 3.8) is 0 Å². The highest BCUT2D eigenvalue weighted by Gasteiger charge is 2.11. The monoisotopic (exact) mass is 269 g/mol. The summed E-state index contributed by atoms with van der Waals surface area (Å²) in [5, 5.41) is 0. The Balaban J connectivity index is 2.68. The van der Waals surface area contributed by atoms with Gasteiger partial charge in [0.2, 0.25) is 0 Å². The molecule has 0 saturated carbocycles. The van der Waals surface area contributed by atoms with Gasteiger partial charge in [-0.15, -0.1) is 0 Å². The molecule has 80 valence electrons. The Hall–Kier alpha value is -1.07. The molecule has 4 nitrogen and oxygen atoms in total. The summed E-state index contributed by atoms with van der Waals surface area (Å²) >= 11 is 3.43. The van der Waals surface area contributed by atoms with Gasteiger partial charge in [-0.1, -0.05) is 0 Å². The molecule has 2 N–H and O–H groups in total. The molecule has 0 atom stereocenters. The zero-order valence-electron chi connectivity index (χ0n) is 8.40. The van der Waals surface area contributed by atoms with Crippen LogP contribution in [-0.2, 0) is 6.42 Å².